The van der Waals surface area contributed by atoms with E-state index in [0.29, 0.717) is 29.3 Å². The fourth-order valence-corrected chi connectivity index (χ4v) is 4.95. The van der Waals surface area contributed by atoms with Gasteiger partial charge in [-0.15, -0.1) is 13.1 Å². The quantitative estimate of drug-likeness (QED) is 0.324. The van der Waals surface area contributed by atoms with Gasteiger partial charge in [0.15, 0.2) is 0 Å². The fourth-order valence-electron chi connectivity index (χ4n) is 4.54. The first-order valence-corrected chi connectivity index (χ1v) is 13.8. The normalized spacial score (nSPS) is 15.8. The molecule has 2 radical (unpaired) electrons. The molecule has 40 heavy (non-hydrogen) atoms. The molecule has 0 bridgehead atoms. The zero-order valence-electron chi connectivity index (χ0n) is 22.8. The first-order chi connectivity index (χ1) is 18.5. The largest absolute Gasteiger partial charge is 0.674 e. The molecule has 12 heteroatoms. The summed E-state index contributed by atoms with van der Waals surface area (Å²) in [5.41, 5.74) is 19.4. The first kappa shape index (κ1) is 36.8. The Balaban J connectivity index is 0.000000288. The van der Waals surface area contributed by atoms with Gasteiger partial charge in [0.2, 0.25) is 5.95 Å². The summed E-state index contributed by atoms with van der Waals surface area (Å²) in [6.45, 7) is 10.7. The molecule has 5 rings (SSSR count). The van der Waals surface area contributed by atoms with Crippen LogP contribution in [-0.2, 0) is 26.2 Å². The molecule has 0 spiro atoms. The second-order valence-corrected chi connectivity index (χ2v) is 10.4. The summed E-state index contributed by atoms with van der Waals surface area (Å²) < 4.78 is 0. The summed E-state index contributed by atoms with van der Waals surface area (Å²) in [5.74, 6) is 0.599. The fraction of sp³-hybridized carbons (Fsp3) is 0.429. The maximum atomic E-state index is 7.35. The van der Waals surface area contributed by atoms with E-state index in [2.05, 4.69) is 66.4 Å². The molecule has 0 atom stereocenters. The van der Waals surface area contributed by atoms with E-state index < -0.39 is 0 Å². The van der Waals surface area contributed by atoms with Crippen molar-refractivity contribution in [2.75, 3.05) is 57.3 Å². The van der Waals surface area contributed by atoms with Crippen LogP contribution in [0.25, 0.3) is 11.5 Å². The molecule has 1 aromatic heterocycles. The first-order valence-electron chi connectivity index (χ1n) is 13.1. The molecule has 2 fully saturated rings. The molecule has 0 amide bonds. The summed E-state index contributed by atoms with van der Waals surface area (Å²) >= 11 is 11.9. The summed E-state index contributed by atoms with van der Waals surface area (Å²) in [5, 5.41) is 4.10. The molecule has 2 saturated heterocycles. The Hall–Kier alpha value is 0.583. The van der Waals surface area contributed by atoms with Gasteiger partial charge in [-0.1, -0.05) is 82.9 Å². The molecule has 2 aliphatic heterocycles. The molecule has 2 aliphatic rings. The maximum absolute atomic E-state index is 7.35. The van der Waals surface area contributed by atoms with Crippen LogP contribution in [0.2, 0.25) is 10.3 Å². The van der Waals surface area contributed by atoms with E-state index in [4.69, 9.17) is 34.7 Å². The van der Waals surface area contributed by atoms with Gasteiger partial charge in [0.05, 0.1) is 0 Å². The third kappa shape index (κ3) is 12.3. The van der Waals surface area contributed by atoms with Crippen molar-refractivity contribution in [3.63, 3.8) is 0 Å². The van der Waals surface area contributed by atoms with Crippen molar-refractivity contribution in [1.29, 1.82) is 0 Å². The second-order valence-electron chi connectivity index (χ2n) is 9.59. The van der Waals surface area contributed by atoms with Crippen LogP contribution in [0, 0.1) is 88.1 Å². The zero-order chi connectivity index (χ0) is 26.7. The van der Waals surface area contributed by atoms with Crippen LogP contribution >= 0.6 is 23.2 Å². The Kier molecular flexibility index (Phi) is 18.2. The van der Waals surface area contributed by atoms with Gasteiger partial charge in [0.1, 0.15) is 10.3 Å². The van der Waals surface area contributed by atoms with Crippen molar-refractivity contribution in [1.82, 2.24) is 25.1 Å². The monoisotopic (exact) mass is 1010 g/mol. The molecule has 0 aliphatic carbocycles. The van der Waals surface area contributed by atoms with E-state index in [1.165, 1.54) is 11.1 Å². The predicted molar refractivity (Wildman–Crippen MR) is 157 cm³/mol. The van der Waals surface area contributed by atoms with Gasteiger partial charge in [-0.3, -0.25) is 9.80 Å². The number of hydrogen-bond donors (Lipinski definition) is 1. The Bertz CT molecular complexity index is 1100. The van der Waals surface area contributed by atoms with Crippen molar-refractivity contribution >= 4 is 29.2 Å². The number of benzene rings is 2. The van der Waals surface area contributed by atoms with Gasteiger partial charge in [-0.25, -0.2) is 9.97 Å². The van der Waals surface area contributed by atoms with E-state index in [0.717, 1.165) is 76.6 Å². The number of hydrogen-bond acceptors (Lipinski definition) is 6. The molecule has 210 valence electrons. The standard InChI is InChI=1S/C16H18Cl2N5.C12H18N3.2Ac/c17-14-9-15(18)21-16(20-14)23-7-5-22(6-8-23)11-13-3-1-12(10-19)2-4-13;13-9-11-1-3-12(4-2-11)10-15-7-5-14-6-8-15;;/h1-4,9,19H,5-8,10-11H2;1-4,13-14H,5-10H2;;/q2*-1;;. The van der Waals surface area contributed by atoms with Gasteiger partial charge in [-0.05, 0) is 11.1 Å². The summed E-state index contributed by atoms with van der Waals surface area (Å²) in [7, 11) is 0. The Morgan fingerprint density at radius 2 is 1.02 bits per heavy atom. The van der Waals surface area contributed by atoms with Gasteiger partial charge in [0, 0.05) is 160 Å². The molecule has 3 N–H and O–H groups in total. The Morgan fingerprint density at radius 1 is 0.625 bits per heavy atom. The van der Waals surface area contributed by atoms with E-state index in [-0.39, 0.29) is 88.1 Å². The van der Waals surface area contributed by atoms with Gasteiger partial charge < -0.3 is 21.7 Å². The van der Waals surface area contributed by atoms with Crippen molar-refractivity contribution < 1.29 is 88.1 Å². The smallest absolute Gasteiger partial charge is 0.228 e. The molecular formula is C28H36Ac2Cl2N8-2. The average molecular weight is 1010 g/mol. The average Bonchev–Trinajstić information content (AvgIpc) is 2.95. The number of halogens is 2. The van der Waals surface area contributed by atoms with Gasteiger partial charge in [0.25, 0.3) is 0 Å². The minimum atomic E-state index is 0. The molecule has 8 nitrogen and oxygen atoms in total. The van der Waals surface area contributed by atoms with Crippen LogP contribution in [0.1, 0.15) is 22.3 Å². The third-order valence-corrected chi connectivity index (χ3v) is 7.17. The Labute approximate surface area is 320 Å². The summed E-state index contributed by atoms with van der Waals surface area (Å²) in [6, 6.07) is 18.2. The number of anilines is 1. The van der Waals surface area contributed by atoms with Crippen LogP contribution < -0.4 is 10.2 Å². The van der Waals surface area contributed by atoms with Crippen LogP contribution in [0.4, 0.5) is 5.95 Å². The summed E-state index contributed by atoms with van der Waals surface area (Å²) in [4.78, 5) is 15.5. The van der Waals surface area contributed by atoms with E-state index in [1.54, 1.807) is 6.07 Å². The van der Waals surface area contributed by atoms with Crippen LogP contribution in [0.3, 0.4) is 0 Å². The number of nitrogens with one attached hydrogen (secondary N) is 3. The molecule has 0 saturated carbocycles. The summed E-state index contributed by atoms with van der Waals surface area (Å²) in [6.07, 6.45) is 0. The van der Waals surface area contributed by atoms with E-state index in [1.807, 2.05) is 12.1 Å². The van der Waals surface area contributed by atoms with Crippen molar-refractivity contribution in [3.05, 3.63) is 98.6 Å². The second kappa shape index (κ2) is 19.8. The third-order valence-electron chi connectivity index (χ3n) is 6.78. The van der Waals surface area contributed by atoms with Crippen molar-refractivity contribution in [2.24, 2.45) is 0 Å². The molecule has 0 unspecified atom stereocenters. The number of nitrogens with zero attached hydrogens (tertiary/aromatic N) is 5. The number of rotatable bonds is 7. The molecular weight excluding hydrogens is 973 g/mol. The molecule has 2 aromatic carbocycles. The molecule has 3 heterocycles. The van der Waals surface area contributed by atoms with Gasteiger partial charge >= 0.3 is 0 Å². The zero-order valence-corrected chi connectivity index (χ0v) is 33.8. The van der Waals surface area contributed by atoms with E-state index >= 15 is 0 Å². The van der Waals surface area contributed by atoms with Crippen LogP contribution in [-0.4, -0.2) is 72.1 Å². The van der Waals surface area contributed by atoms with Crippen LogP contribution in [0.5, 0.6) is 0 Å². The minimum absolute atomic E-state index is 0. The van der Waals surface area contributed by atoms with Crippen molar-refractivity contribution in [3.8, 4) is 0 Å². The van der Waals surface area contributed by atoms with Crippen LogP contribution in [0.15, 0.2) is 54.6 Å². The number of piperazine rings is 2. The maximum Gasteiger partial charge on any atom is 0.228 e. The topological polar surface area (TPSA) is 95.1 Å². The molecule has 3 aromatic rings. The van der Waals surface area contributed by atoms with Crippen molar-refractivity contribution in [2.45, 2.75) is 26.2 Å². The van der Waals surface area contributed by atoms with Gasteiger partial charge in [-0.2, -0.15) is 0 Å². The Morgan fingerprint density at radius 3 is 1.45 bits per heavy atom. The SMILES string of the molecule is [Ac].[Ac].[NH-]Cc1ccc(CN2CCN(c3nc(Cl)cc(Cl)n3)CC2)cc1.[NH-]Cc1ccc(CN2CCNCC2)cc1. The minimum Gasteiger partial charge on any atom is -0.674 e. The van der Waals surface area contributed by atoms with E-state index in [9.17, 15) is 0 Å². The number of aromatic nitrogens is 2. The predicted octanol–water partition coefficient (Wildman–Crippen LogP) is 5.30.